The van der Waals surface area contributed by atoms with Gasteiger partial charge < -0.3 is 5.32 Å². The molecule has 0 unspecified atom stereocenters. The Labute approximate surface area is 183 Å². The van der Waals surface area contributed by atoms with Gasteiger partial charge in [-0.1, -0.05) is 53.2 Å². The molecule has 0 amide bonds. The van der Waals surface area contributed by atoms with E-state index in [1.54, 1.807) is 16.3 Å². The number of halogens is 1. The van der Waals surface area contributed by atoms with Gasteiger partial charge in [0, 0.05) is 27.4 Å². The number of benzene rings is 3. The highest BCUT2D eigenvalue weighted by Gasteiger charge is 2.15. The summed E-state index contributed by atoms with van der Waals surface area (Å²) in [6.45, 7) is 0.676. The summed E-state index contributed by atoms with van der Waals surface area (Å²) >= 11 is 7.93. The summed E-state index contributed by atoms with van der Waals surface area (Å²) in [5, 5.41) is 13.9. The minimum Gasteiger partial charge on any atom is -0.365 e. The molecule has 7 heteroatoms. The molecule has 0 fully saturated rings. The van der Waals surface area contributed by atoms with E-state index in [9.17, 15) is 0 Å². The highest BCUT2D eigenvalue weighted by Crippen LogP contribution is 2.29. The van der Waals surface area contributed by atoms with Crippen LogP contribution in [0.15, 0.2) is 77.7 Å². The number of rotatable bonds is 5. The molecule has 148 valence electrons. The molecule has 0 bridgehead atoms. The second kappa shape index (κ2) is 7.97. The molecule has 0 spiro atoms. The fraction of sp³-hybridized carbons (Fsp3) is 0.0870. The Morgan fingerprint density at radius 3 is 2.63 bits per heavy atom. The first-order chi connectivity index (χ1) is 14.7. The van der Waals surface area contributed by atoms with Gasteiger partial charge in [0.25, 0.3) is 0 Å². The Hall–Kier alpha value is -3.09. The zero-order valence-electron chi connectivity index (χ0n) is 16.2. The molecule has 0 radical (unpaired) electrons. The molecule has 1 N–H and O–H groups in total. The molecule has 0 aliphatic rings. The summed E-state index contributed by atoms with van der Waals surface area (Å²) < 4.78 is 1.78. The van der Waals surface area contributed by atoms with Crippen molar-refractivity contribution in [1.29, 1.82) is 0 Å². The van der Waals surface area contributed by atoms with Crippen LogP contribution < -0.4 is 5.32 Å². The van der Waals surface area contributed by atoms with Crippen LogP contribution in [0.5, 0.6) is 0 Å². The molecule has 2 heterocycles. The number of anilines is 1. The van der Waals surface area contributed by atoms with Crippen molar-refractivity contribution in [3.05, 3.63) is 83.4 Å². The number of nitrogens with one attached hydrogen (secondary N) is 1. The lowest BCUT2D eigenvalue weighted by Gasteiger charge is -2.11. The highest BCUT2D eigenvalue weighted by atomic mass is 35.5. The van der Waals surface area contributed by atoms with Gasteiger partial charge in [0.2, 0.25) is 0 Å². The lowest BCUT2D eigenvalue weighted by atomic mass is 10.1. The van der Waals surface area contributed by atoms with Crippen LogP contribution in [0.1, 0.15) is 5.56 Å². The lowest BCUT2D eigenvalue weighted by molar-refractivity contribution is 0.876. The summed E-state index contributed by atoms with van der Waals surface area (Å²) in [7, 11) is 0. The number of aromatic nitrogens is 4. The molecule has 30 heavy (non-hydrogen) atoms. The van der Waals surface area contributed by atoms with Crippen LogP contribution in [0, 0.1) is 0 Å². The summed E-state index contributed by atoms with van der Waals surface area (Å²) in [5.41, 5.74) is 4.43. The van der Waals surface area contributed by atoms with Crippen molar-refractivity contribution in [2.75, 3.05) is 11.6 Å². The molecular formula is C23H18ClN5S. The largest absolute Gasteiger partial charge is 0.365 e. The van der Waals surface area contributed by atoms with E-state index in [2.05, 4.69) is 46.2 Å². The van der Waals surface area contributed by atoms with Gasteiger partial charge in [0.15, 0.2) is 5.65 Å². The normalized spacial score (nSPS) is 11.3. The van der Waals surface area contributed by atoms with Crippen LogP contribution >= 0.6 is 23.4 Å². The Bertz CT molecular complexity index is 1350. The Morgan fingerprint density at radius 2 is 1.83 bits per heavy atom. The van der Waals surface area contributed by atoms with Crippen molar-refractivity contribution in [2.24, 2.45) is 0 Å². The van der Waals surface area contributed by atoms with Gasteiger partial charge in [-0.25, -0.2) is 4.98 Å². The number of thioether (sulfide) groups is 1. The average Bonchev–Trinajstić information content (AvgIpc) is 3.22. The van der Waals surface area contributed by atoms with E-state index in [4.69, 9.17) is 16.6 Å². The Balaban J connectivity index is 1.60. The molecule has 5 aromatic rings. The molecule has 5 rings (SSSR count). The van der Waals surface area contributed by atoms with E-state index in [-0.39, 0.29) is 0 Å². The van der Waals surface area contributed by atoms with Crippen LogP contribution in [-0.2, 0) is 6.54 Å². The van der Waals surface area contributed by atoms with Gasteiger partial charge in [-0.05, 0) is 48.2 Å². The van der Waals surface area contributed by atoms with Crippen LogP contribution in [0.3, 0.4) is 0 Å². The maximum Gasteiger partial charge on any atom is 0.186 e. The van der Waals surface area contributed by atoms with Gasteiger partial charge in [-0.15, -0.1) is 16.9 Å². The number of nitrogens with zero attached hydrogens (tertiary/aromatic N) is 4. The fourth-order valence-electron chi connectivity index (χ4n) is 3.45. The van der Waals surface area contributed by atoms with E-state index in [0.29, 0.717) is 22.9 Å². The first-order valence-electron chi connectivity index (χ1n) is 9.50. The number of hydrogen-bond donors (Lipinski definition) is 1. The van der Waals surface area contributed by atoms with Gasteiger partial charge >= 0.3 is 0 Å². The van der Waals surface area contributed by atoms with Crippen LogP contribution in [0.25, 0.3) is 27.8 Å². The number of hydrogen-bond acceptors (Lipinski definition) is 5. The van der Waals surface area contributed by atoms with E-state index in [1.807, 2.05) is 48.5 Å². The lowest BCUT2D eigenvalue weighted by Crippen LogP contribution is -2.05. The Morgan fingerprint density at radius 1 is 1.00 bits per heavy atom. The van der Waals surface area contributed by atoms with E-state index in [1.165, 1.54) is 10.5 Å². The third-order valence-electron chi connectivity index (χ3n) is 4.97. The van der Waals surface area contributed by atoms with E-state index >= 15 is 0 Å². The molecule has 0 atom stereocenters. The van der Waals surface area contributed by atoms with Crippen molar-refractivity contribution in [1.82, 2.24) is 19.8 Å². The summed E-state index contributed by atoms with van der Waals surface area (Å²) in [4.78, 5) is 6.15. The average molecular weight is 432 g/mol. The topological polar surface area (TPSA) is 55.1 Å². The van der Waals surface area contributed by atoms with Crippen molar-refractivity contribution in [3.63, 3.8) is 0 Å². The van der Waals surface area contributed by atoms with Gasteiger partial charge in [-0.3, -0.25) is 0 Å². The first kappa shape index (κ1) is 18.9. The predicted molar refractivity (Wildman–Crippen MR) is 124 cm³/mol. The second-order valence-corrected chi connectivity index (χ2v) is 8.18. The number of fused-ring (bicyclic) bond motifs is 3. The molecule has 5 nitrogen and oxygen atoms in total. The monoisotopic (exact) mass is 431 g/mol. The van der Waals surface area contributed by atoms with Crippen molar-refractivity contribution in [3.8, 4) is 11.3 Å². The second-order valence-electron chi connectivity index (χ2n) is 6.86. The van der Waals surface area contributed by atoms with E-state index < -0.39 is 0 Å². The first-order valence-corrected chi connectivity index (χ1v) is 11.1. The molecule has 0 aliphatic carbocycles. The van der Waals surface area contributed by atoms with Crippen LogP contribution in [0.4, 0.5) is 5.82 Å². The Kier molecular flexibility index (Phi) is 5.02. The minimum absolute atomic E-state index is 0.654. The maximum absolute atomic E-state index is 6.19. The van der Waals surface area contributed by atoms with Crippen LogP contribution in [-0.4, -0.2) is 26.1 Å². The van der Waals surface area contributed by atoms with Gasteiger partial charge in [0.1, 0.15) is 11.5 Å². The van der Waals surface area contributed by atoms with Gasteiger partial charge in [-0.2, -0.15) is 4.52 Å². The third kappa shape index (κ3) is 3.49. The zero-order chi connectivity index (χ0) is 20.5. The zero-order valence-corrected chi connectivity index (χ0v) is 17.8. The molecule has 0 saturated carbocycles. The summed E-state index contributed by atoms with van der Waals surface area (Å²) in [5.74, 6) is 0.803. The van der Waals surface area contributed by atoms with Crippen LogP contribution in [0.2, 0.25) is 5.02 Å². The molecule has 0 aliphatic heterocycles. The SMILES string of the molecule is CSc1ccc(CNc2nc3c(-c4cccc(Cl)c4)nnn3c3ccccc23)cc1. The third-order valence-corrected chi connectivity index (χ3v) is 5.95. The molecule has 2 aromatic heterocycles. The van der Waals surface area contributed by atoms with Gasteiger partial charge in [0.05, 0.1) is 5.52 Å². The fourth-order valence-corrected chi connectivity index (χ4v) is 4.05. The minimum atomic E-state index is 0.654. The maximum atomic E-state index is 6.19. The quantitative estimate of drug-likeness (QED) is 0.349. The molecule has 3 aromatic carbocycles. The predicted octanol–water partition coefficient (Wildman–Crippen LogP) is 5.93. The summed E-state index contributed by atoms with van der Waals surface area (Å²) in [6.07, 6.45) is 2.08. The number of para-hydroxylation sites is 1. The highest BCUT2D eigenvalue weighted by molar-refractivity contribution is 7.98. The summed E-state index contributed by atoms with van der Waals surface area (Å²) in [6, 6.07) is 24.2. The molecule has 0 saturated heterocycles. The smallest absolute Gasteiger partial charge is 0.186 e. The van der Waals surface area contributed by atoms with E-state index in [0.717, 1.165) is 22.3 Å². The van der Waals surface area contributed by atoms with Crippen molar-refractivity contribution >= 4 is 45.7 Å². The standard InChI is InChI=1S/C23H18ClN5S/c1-30-18-11-9-15(10-12-18)14-25-22-19-7-2-3-8-20(19)29-23(26-22)21(27-28-29)16-5-4-6-17(24)13-16/h2-13H,14H2,1H3,(H,25,26). The van der Waals surface area contributed by atoms with Crippen molar-refractivity contribution in [2.45, 2.75) is 11.4 Å². The van der Waals surface area contributed by atoms with Crippen molar-refractivity contribution < 1.29 is 0 Å². The molecular weight excluding hydrogens is 414 g/mol.